The molecule has 2 aromatic rings. The highest BCUT2D eigenvalue weighted by atomic mass is 19.4. The number of benzene rings is 2. The average molecular weight is 392 g/mol. The summed E-state index contributed by atoms with van der Waals surface area (Å²) in [6, 6.07) is 12.2. The van der Waals surface area contributed by atoms with E-state index >= 15 is 0 Å². The van der Waals surface area contributed by atoms with E-state index in [4.69, 9.17) is 4.74 Å². The molecule has 0 aromatic heterocycles. The minimum atomic E-state index is -4.40. The number of hydrogen-bond acceptors (Lipinski definition) is 3. The molecule has 7 heteroatoms. The van der Waals surface area contributed by atoms with Crippen molar-refractivity contribution in [2.45, 2.75) is 26.1 Å². The van der Waals surface area contributed by atoms with Crippen LogP contribution in [0.2, 0.25) is 0 Å². The molecule has 0 saturated carbocycles. The van der Waals surface area contributed by atoms with Crippen molar-refractivity contribution < 1.29 is 22.7 Å². The molecule has 0 radical (unpaired) electrons. The minimum absolute atomic E-state index is 0.0590. The second-order valence-electron chi connectivity index (χ2n) is 6.99. The maximum absolute atomic E-state index is 12.7. The van der Waals surface area contributed by atoms with Crippen molar-refractivity contribution in [2.75, 3.05) is 31.1 Å². The molecular weight excluding hydrogens is 369 g/mol. The molecule has 4 nitrogen and oxygen atoms in total. The number of halogens is 3. The summed E-state index contributed by atoms with van der Waals surface area (Å²) in [5.74, 6) is 0.556. The Morgan fingerprint density at radius 3 is 2.14 bits per heavy atom. The minimum Gasteiger partial charge on any atom is -0.489 e. The van der Waals surface area contributed by atoms with Gasteiger partial charge >= 0.3 is 6.18 Å². The van der Waals surface area contributed by atoms with Crippen LogP contribution in [0.1, 0.15) is 29.8 Å². The van der Waals surface area contributed by atoms with Crippen LogP contribution in [-0.2, 0) is 6.18 Å². The fourth-order valence-corrected chi connectivity index (χ4v) is 3.21. The molecule has 0 N–H and O–H groups in total. The van der Waals surface area contributed by atoms with Gasteiger partial charge in [0.15, 0.2) is 0 Å². The first-order valence-electron chi connectivity index (χ1n) is 9.23. The molecule has 0 aliphatic carbocycles. The van der Waals surface area contributed by atoms with Crippen molar-refractivity contribution in [3.8, 4) is 5.75 Å². The lowest BCUT2D eigenvalue weighted by molar-refractivity contribution is -0.137. The number of ether oxygens (including phenoxy) is 1. The van der Waals surface area contributed by atoms with E-state index in [1.165, 1.54) is 12.1 Å². The molecule has 2 aromatic carbocycles. The number of rotatable bonds is 4. The van der Waals surface area contributed by atoms with Crippen molar-refractivity contribution in [1.82, 2.24) is 4.90 Å². The second kappa shape index (κ2) is 8.12. The molecule has 150 valence electrons. The summed E-state index contributed by atoms with van der Waals surface area (Å²) in [6.45, 7) is 6.19. The third-order valence-corrected chi connectivity index (χ3v) is 4.59. The number of amides is 1. The highest BCUT2D eigenvalue weighted by Gasteiger charge is 2.31. The van der Waals surface area contributed by atoms with E-state index in [9.17, 15) is 18.0 Å². The van der Waals surface area contributed by atoms with Crippen molar-refractivity contribution in [2.24, 2.45) is 0 Å². The highest BCUT2D eigenvalue weighted by Crippen LogP contribution is 2.31. The lowest BCUT2D eigenvalue weighted by Gasteiger charge is -2.37. The molecule has 1 saturated heterocycles. The summed E-state index contributed by atoms with van der Waals surface area (Å²) in [4.78, 5) is 16.5. The summed E-state index contributed by atoms with van der Waals surface area (Å²) in [7, 11) is 0. The van der Waals surface area contributed by atoms with E-state index in [2.05, 4.69) is 4.90 Å². The zero-order chi connectivity index (χ0) is 20.3. The first-order valence-corrected chi connectivity index (χ1v) is 9.23. The Morgan fingerprint density at radius 1 is 0.964 bits per heavy atom. The monoisotopic (exact) mass is 392 g/mol. The summed E-state index contributed by atoms with van der Waals surface area (Å²) in [5, 5.41) is 0. The first-order chi connectivity index (χ1) is 13.3. The Hall–Kier alpha value is -2.70. The van der Waals surface area contributed by atoms with Gasteiger partial charge in [-0.25, -0.2) is 0 Å². The van der Waals surface area contributed by atoms with Gasteiger partial charge in [0.2, 0.25) is 0 Å². The third-order valence-electron chi connectivity index (χ3n) is 4.59. The second-order valence-corrected chi connectivity index (χ2v) is 6.99. The van der Waals surface area contributed by atoms with Gasteiger partial charge in [-0.05, 0) is 50.2 Å². The molecule has 1 amide bonds. The van der Waals surface area contributed by atoms with Crippen molar-refractivity contribution >= 4 is 11.6 Å². The standard InChI is InChI=1S/C21H23F3N2O2/c1-15(2)28-19-6-4-3-5-18(19)25-11-13-26(14-12-25)20(27)16-7-9-17(10-8-16)21(22,23)24/h3-10,15H,11-14H2,1-2H3. The molecule has 1 fully saturated rings. The topological polar surface area (TPSA) is 32.8 Å². The van der Waals surface area contributed by atoms with Gasteiger partial charge in [-0.1, -0.05) is 12.1 Å². The number of carbonyl (C=O) groups is 1. The first kappa shape index (κ1) is 20.0. The third kappa shape index (κ3) is 4.58. The Morgan fingerprint density at radius 2 is 1.57 bits per heavy atom. The molecule has 3 rings (SSSR count). The molecule has 0 bridgehead atoms. The van der Waals surface area contributed by atoms with E-state index in [-0.39, 0.29) is 17.6 Å². The van der Waals surface area contributed by atoms with E-state index in [1.807, 2.05) is 38.1 Å². The van der Waals surface area contributed by atoms with E-state index in [0.717, 1.165) is 23.6 Å². The summed E-state index contributed by atoms with van der Waals surface area (Å²) >= 11 is 0. The number of anilines is 1. The van der Waals surface area contributed by atoms with Crippen LogP contribution in [0.25, 0.3) is 0 Å². The Labute approximate surface area is 162 Å². The van der Waals surface area contributed by atoms with Crippen LogP contribution in [-0.4, -0.2) is 43.1 Å². The van der Waals surface area contributed by atoms with Gasteiger partial charge in [0, 0.05) is 31.7 Å². The maximum Gasteiger partial charge on any atom is 0.416 e. The largest absolute Gasteiger partial charge is 0.489 e. The van der Waals surface area contributed by atoms with Crippen molar-refractivity contribution in [3.63, 3.8) is 0 Å². The van der Waals surface area contributed by atoms with Crippen LogP contribution in [0.15, 0.2) is 48.5 Å². The van der Waals surface area contributed by atoms with E-state index in [1.54, 1.807) is 4.90 Å². The van der Waals surface area contributed by atoms with Gasteiger partial charge in [0.1, 0.15) is 5.75 Å². The Kier molecular flexibility index (Phi) is 5.82. The Balaban J connectivity index is 1.65. The lowest BCUT2D eigenvalue weighted by Crippen LogP contribution is -2.48. The number of carbonyl (C=O) groups excluding carboxylic acids is 1. The summed E-state index contributed by atoms with van der Waals surface area (Å²) < 4.78 is 43.9. The molecule has 1 aliphatic heterocycles. The fourth-order valence-electron chi connectivity index (χ4n) is 3.21. The number of hydrogen-bond donors (Lipinski definition) is 0. The predicted molar refractivity (Wildman–Crippen MR) is 102 cm³/mol. The zero-order valence-electron chi connectivity index (χ0n) is 15.9. The lowest BCUT2D eigenvalue weighted by atomic mass is 10.1. The van der Waals surface area contributed by atoms with Crippen LogP contribution in [0, 0.1) is 0 Å². The van der Waals surface area contributed by atoms with Gasteiger partial charge in [-0.3, -0.25) is 4.79 Å². The normalized spacial score (nSPS) is 15.1. The van der Waals surface area contributed by atoms with Gasteiger partial charge < -0.3 is 14.5 Å². The number of alkyl halides is 3. The van der Waals surface area contributed by atoms with Crippen molar-refractivity contribution in [3.05, 3.63) is 59.7 Å². The SMILES string of the molecule is CC(C)Oc1ccccc1N1CCN(C(=O)c2ccc(C(F)(F)F)cc2)CC1. The molecule has 0 spiro atoms. The van der Waals surface area contributed by atoms with Crippen LogP contribution >= 0.6 is 0 Å². The smallest absolute Gasteiger partial charge is 0.416 e. The molecule has 0 atom stereocenters. The van der Waals surface area contributed by atoms with Crippen LogP contribution in [0.3, 0.4) is 0 Å². The van der Waals surface area contributed by atoms with Gasteiger partial charge in [-0.15, -0.1) is 0 Å². The predicted octanol–water partition coefficient (Wildman–Crippen LogP) is 4.46. The quantitative estimate of drug-likeness (QED) is 0.771. The molecule has 0 unspecified atom stereocenters. The van der Waals surface area contributed by atoms with Gasteiger partial charge in [-0.2, -0.15) is 13.2 Å². The molecular formula is C21H23F3N2O2. The fraction of sp³-hybridized carbons (Fsp3) is 0.381. The number of piperazine rings is 1. The van der Waals surface area contributed by atoms with Crippen molar-refractivity contribution in [1.29, 1.82) is 0 Å². The van der Waals surface area contributed by atoms with E-state index in [0.29, 0.717) is 26.2 Å². The maximum atomic E-state index is 12.7. The molecule has 28 heavy (non-hydrogen) atoms. The van der Waals surface area contributed by atoms with Crippen LogP contribution in [0.5, 0.6) is 5.75 Å². The van der Waals surface area contributed by atoms with Gasteiger partial charge in [0.05, 0.1) is 17.4 Å². The average Bonchev–Trinajstić information content (AvgIpc) is 2.67. The van der Waals surface area contributed by atoms with Crippen LogP contribution < -0.4 is 9.64 Å². The molecule has 1 heterocycles. The zero-order valence-corrected chi connectivity index (χ0v) is 15.9. The van der Waals surface area contributed by atoms with Crippen LogP contribution in [0.4, 0.5) is 18.9 Å². The summed E-state index contributed by atoms with van der Waals surface area (Å²) in [5.41, 5.74) is 0.499. The number of para-hydroxylation sites is 2. The summed E-state index contributed by atoms with van der Waals surface area (Å²) in [6.07, 6.45) is -4.35. The Bertz CT molecular complexity index is 811. The number of nitrogens with zero attached hydrogens (tertiary/aromatic N) is 2. The highest BCUT2D eigenvalue weighted by molar-refractivity contribution is 5.94. The van der Waals surface area contributed by atoms with E-state index < -0.39 is 11.7 Å². The molecule has 1 aliphatic rings. The van der Waals surface area contributed by atoms with Gasteiger partial charge in [0.25, 0.3) is 5.91 Å².